The minimum Gasteiger partial charge on any atom is -0.265 e. The Bertz CT molecular complexity index is 248. The second-order valence-electron chi connectivity index (χ2n) is 5.51. The van der Waals surface area contributed by atoms with Crippen LogP contribution in [0.25, 0.3) is 0 Å². The van der Waals surface area contributed by atoms with E-state index in [0.717, 1.165) is 11.8 Å². The van der Waals surface area contributed by atoms with Crippen LogP contribution in [-0.2, 0) is 0 Å². The fourth-order valence-electron chi connectivity index (χ4n) is 0.625. The van der Waals surface area contributed by atoms with Gasteiger partial charge in [0.05, 0.1) is 0 Å². The highest BCUT2D eigenvalue weighted by Crippen LogP contribution is 1.81. The molecule has 2 heteroatoms. The molecule has 0 amide bonds. The molecule has 0 radical (unpaired) electrons. The largest absolute Gasteiger partial charge is 0.265 e. The Labute approximate surface area is 125 Å². The molecule has 0 aromatic carbocycles. The van der Waals surface area contributed by atoms with Gasteiger partial charge < -0.3 is 0 Å². The first-order valence-electron chi connectivity index (χ1n) is 7.16. The van der Waals surface area contributed by atoms with Gasteiger partial charge in [-0.05, 0) is 36.1 Å². The van der Waals surface area contributed by atoms with E-state index in [-0.39, 0.29) is 0 Å². The number of hydrogen-bond acceptors (Lipinski definition) is 2. The molecule has 112 valence electrons. The van der Waals surface area contributed by atoms with Crippen LogP contribution in [0.2, 0.25) is 0 Å². The first-order valence-corrected chi connectivity index (χ1v) is 7.16. The predicted molar refractivity (Wildman–Crippen MR) is 89.5 cm³/mol. The standard InChI is InChI=1S/2C5H5N.2C4H10/c2*1-2-4-6-5-3-1;2*1-4(2)3/h2*1-5H;2*4H,1-3H3. The number of hydrogen-bond donors (Lipinski definition) is 0. The van der Waals surface area contributed by atoms with Crippen LogP contribution in [0.4, 0.5) is 0 Å². The van der Waals surface area contributed by atoms with E-state index >= 15 is 0 Å². The Hall–Kier alpha value is -1.70. The van der Waals surface area contributed by atoms with Gasteiger partial charge in [-0.15, -0.1) is 0 Å². The van der Waals surface area contributed by atoms with Crippen molar-refractivity contribution in [2.24, 2.45) is 11.8 Å². The maximum atomic E-state index is 3.78. The van der Waals surface area contributed by atoms with Crippen molar-refractivity contribution in [3.8, 4) is 0 Å². The summed E-state index contributed by atoms with van der Waals surface area (Å²) in [5, 5.41) is 0. The van der Waals surface area contributed by atoms with Crippen molar-refractivity contribution >= 4 is 0 Å². The summed E-state index contributed by atoms with van der Waals surface area (Å²) in [5.41, 5.74) is 0. The maximum absolute atomic E-state index is 3.78. The molecule has 0 N–H and O–H groups in total. The van der Waals surface area contributed by atoms with Crippen molar-refractivity contribution in [1.82, 2.24) is 9.97 Å². The van der Waals surface area contributed by atoms with E-state index in [9.17, 15) is 0 Å². The van der Waals surface area contributed by atoms with Gasteiger partial charge in [0.2, 0.25) is 0 Å². The summed E-state index contributed by atoms with van der Waals surface area (Å²) in [5.74, 6) is 1.67. The third-order valence-corrected chi connectivity index (χ3v) is 1.13. The zero-order valence-electron chi connectivity index (χ0n) is 13.8. The smallest absolute Gasteiger partial charge is 0.0267 e. The molecule has 0 bridgehead atoms. The molecule has 2 rings (SSSR count). The van der Waals surface area contributed by atoms with Crippen LogP contribution < -0.4 is 0 Å². The molecule has 2 nitrogen and oxygen atoms in total. The van der Waals surface area contributed by atoms with Gasteiger partial charge in [0, 0.05) is 24.8 Å². The molecule has 2 aromatic heterocycles. The van der Waals surface area contributed by atoms with Crippen molar-refractivity contribution in [3.05, 3.63) is 61.2 Å². The molecule has 0 spiro atoms. The van der Waals surface area contributed by atoms with Gasteiger partial charge in [-0.1, -0.05) is 53.7 Å². The van der Waals surface area contributed by atoms with E-state index in [1.807, 2.05) is 36.4 Å². The van der Waals surface area contributed by atoms with Crippen LogP contribution in [0, 0.1) is 11.8 Å². The minimum atomic E-state index is 0.833. The molecule has 0 saturated heterocycles. The van der Waals surface area contributed by atoms with Crippen LogP contribution in [0.15, 0.2) is 61.2 Å². The molecule has 2 heterocycles. The van der Waals surface area contributed by atoms with Crippen molar-refractivity contribution in [2.45, 2.75) is 41.5 Å². The lowest BCUT2D eigenvalue weighted by molar-refractivity contribution is 0.736. The number of pyridine rings is 2. The molecule has 0 atom stereocenters. The van der Waals surface area contributed by atoms with Crippen molar-refractivity contribution in [1.29, 1.82) is 0 Å². The number of aromatic nitrogens is 2. The third-order valence-electron chi connectivity index (χ3n) is 1.13. The second-order valence-corrected chi connectivity index (χ2v) is 5.51. The number of rotatable bonds is 0. The van der Waals surface area contributed by atoms with Crippen LogP contribution in [-0.4, -0.2) is 9.97 Å². The van der Waals surface area contributed by atoms with E-state index in [4.69, 9.17) is 0 Å². The van der Waals surface area contributed by atoms with Gasteiger partial charge in [0.25, 0.3) is 0 Å². The van der Waals surface area contributed by atoms with E-state index in [1.165, 1.54) is 0 Å². The summed E-state index contributed by atoms with van der Waals surface area (Å²) in [6.45, 7) is 13.0. The first-order chi connectivity index (χ1) is 9.46. The van der Waals surface area contributed by atoms with Gasteiger partial charge in [0.1, 0.15) is 0 Å². The summed E-state index contributed by atoms with van der Waals surface area (Å²) >= 11 is 0. The van der Waals surface area contributed by atoms with Crippen LogP contribution in [0.1, 0.15) is 41.5 Å². The average Bonchev–Trinajstić information content (AvgIpc) is 2.42. The highest BCUT2D eigenvalue weighted by atomic mass is 14.6. The van der Waals surface area contributed by atoms with E-state index in [0.29, 0.717) is 0 Å². The molecule has 0 unspecified atom stereocenters. The Morgan fingerprint density at radius 1 is 0.450 bits per heavy atom. The minimum absolute atomic E-state index is 0.833. The second kappa shape index (κ2) is 17.3. The summed E-state index contributed by atoms with van der Waals surface area (Å²) in [7, 11) is 0. The number of nitrogens with zero attached hydrogens (tertiary/aromatic N) is 2. The SMILES string of the molecule is CC(C)C.CC(C)C.c1ccncc1.c1ccncc1. The summed E-state index contributed by atoms with van der Waals surface area (Å²) in [6.07, 6.45) is 7.00. The lowest BCUT2D eigenvalue weighted by atomic mass is 10.3. The topological polar surface area (TPSA) is 25.8 Å². The van der Waals surface area contributed by atoms with Gasteiger partial charge in [-0.3, -0.25) is 9.97 Å². The Balaban J connectivity index is 0. The lowest BCUT2D eigenvalue weighted by Gasteiger charge is -1.79. The average molecular weight is 274 g/mol. The molecular weight excluding hydrogens is 244 g/mol. The highest BCUT2D eigenvalue weighted by Gasteiger charge is 1.68. The fourth-order valence-corrected chi connectivity index (χ4v) is 0.625. The summed E-state index contributed by atoms with van der Waals surface area (Å²) in [4.78, 5) is 7.57. The van der Waals surface area contributed by atoms with Crippen molar-refractivity contribution in [3.63, 3.8) is 0 Å². The van der Waals surface area contributed by atoms with Gasteiger partial charge in [-0.25, -0.2) is 0 Å². The first kappa shape index (κ1) is 20.6. The van der Waals surface area contributed by atoms with Gasteiger partial charge in [-0.2, -0.15) is 0 Å². The zero-order chi connectivity index (χ0) is 15.6. The quantitative estimate of drug-likeness (QED) is 0.635. The van der Waals surface area contributed by atoms with Crippen LogP contribution in [0.3, 0.4) is 0 Å². The summed E-state index contributed by atoms with van der Waals surface area (Å²) in [6, 6.07) is 11.4. The molecule has 0 aliphatic rings. The predicted octanol–water partition coefficient (Wildman–Crippen LogP) is 5.49. The fraction of sp³-hybridized carbons (Fsp3) is 0.444. The van der Waals surface area contributed by atoms with Gasteiger partial charge in [0.15, 0.2) is 0 Å². The highest BCUT2D eigenvalue weighted by molar-refractivity contribution is 4.88. The molecule has 0 saturated carbocycles. The van der Waals surface area contributed by atoms with Crippen molar-refractivity contribution < 1.29 is 0 Å². The Morgan fingerprint density at radius 2 is 0.650 bits per heavy atom. The monoisotopic (exact) mass is 274 g/mol. The third kappa shape index (κ3) is 36.0. The molecule has 0 fully saturated rings. The molecule has 20 heavy (non-hydrogen) atoms. The normalized spacial score (nSPS) is 8.40. The molecule has 0 aliphatic heterocycles. The summed E-state index contributed by atoms with van der Waals surface area (Å²) < 4.78 is 0. The van der Waals surface area contributed by atoms with E-state index in [1.54, 1.807) is 24.8 Å². The van der Waals surface area contributed by atoms with Crippen LogP contribution >= 0.6 is 0 Å². The molecule has 0 aliphatic carbocycles. The van der Waals surface area contributed by atoms with Crippen molar-refractivity contribution in [2.75, 3.05) is 0 Å². The molecule has 2 aromatic rings. The van der Waals surface area contributed by atoms with E-state index in [2.05, 4.69) is 51.5 Å². The van der Waals surface area contributed by atoms with Gasteiger partial charge >= 0.3 is 0 Å². The van der Waals surface area contributed by atoms with E-state index < -0.39 is 0 Å². The lowest BCUT2D eigenvalue weighted by Crippen LogP contribution is -1.66. The molecular formula is C18H30N2. The zero-order valence-corrected chi connectivity index (χ0v) is 13.8. The Kier molecular flexibility index (Phi) is 17.8. The Morgan fingerprint density at radius 3 is 0.700 bits per heavy atom. The maximum Gasteiger partial charge on any atom is 0.0267 e. The van der Waals surface area contributed by atoms with Crippen LogP contribution in [0.5, 0.6) is 0 Å².